The van der Waals surface area contributed by atoms with Gasteiger partial charge in [-0.15, -0.1) is 0 Å². The number of alkyl carbamates (subject to hydrolysis) is 1. The summed E-state index contributed by atoms with van der Waals surface area (Å²) in [4.78, 5) is 24.0. The van der Waals surface area contributed by atoms with Crippen LogP contribution >= 0.6 is 0 Å². The maximum Gasteiger partial charge on any atom is 0.407 e. The third-order valence-corrected chi connectivity index (χ3v) is 4.72. The molecule has 0 radical (unpaired) electrons. The summed E-state index contributed by atoms with van der Waals surface area (Å²) in [6.45, 7) is 6.32. The standard InChI is InChI=1S/C22H25N3O3/c1-4-5-14-28-21(27)23-22(2,3)16-12-10-15(11-13-16)19-17-8-6-7-9-18(17)20(26)25-24-19/h6-13H,4-5,14H2,1-3H3,(H,23,27)(H,25,26). The minimum Gasteiger partial charge on any atom is -0.450 e. The van der Waals surface area contributed by atoms with Gasteiger partial charge in [-0.3, -0.25) is 4.79 Å². The van der Waals surface area contributed by atoms with Crippen molar-refractivity contribution in [1.29, 1.82) is 0 Å². The Morgan fingerprint density at radius 3 is 2.46 bits per heavy atom. The average molecular weight is 379 g/mol. The van der Waals surface area contributed by atoms with Crippen LogP contribution in [0.4, 0.5) is 4.79 Å². The van der Waals surface area contributed by atoms with Gasteiger partial charge in [0.2, 0.25) is 0 Å². The molecular weight excluding hydrogens is 354 g/mol. The van der Waals surface area contributed by atoms with Gasteiger partial charge in [-0.05, 0) is 31.9 Å². The molecule has 0 aliphatic carbocycles. The highest BCUT2D eigenvalue weighted by molar-refractivity contribution is 5.93. The smallest absolute Gasteiger partial charge is 0.407 e. The van der Waals surface area contributed by atoms with Gasteiger partial charge in [-0.25, -0.2) is 9.89 Å². The van der Waals surface area contributed by atoms with E-state index in [1.54, 1.807) is 6.07 Å². The zero-order chi connectivity index (χ0) is 20.1. The lowest BCUT2D eigenvalue weighted by Gasteiger charge is -2.26. The fraction of sp³-hybridized carbons (Fsp3) is 0.318. The molecule has 6 heteroatoms. The number of ether oxygens (including phenoxy) is 1. The van der Waals surface area contributed by atoms with Crippen molar-refractivity contribution < 1.29 is 9.53 Å². The molecule has 3 aromatic rings. The van der Waals surface area contributed by atoms with Crippen LogP contribution in [0.15, 0.2) is 53.3 Å². The first kappa shape index (κ1) is 19.6. The van der Waals surface area contributed by atoms with Crippen LogP contribution in [0.25, 0.3) is 22.0 Å². The highest BCUT2D eigenvalue weighted by atomic mass is 16.5. The Labute approximate surface area is 163 Å². The number of benzene rings is 2. The van der Waals surface area contributed by atoms with Gasteiger partial charge in [0.05, 0.1) is 23.2 Å². The van der Waals surface area contributed by atoms with Crippen molar-refractivity contribution in [2.45, 2.75) is 39.2 Å². The lowest BCUT2D eigenvalue weighted by molar-refractivity contribution is 0.134. The van der Waals surface area contributed by atoms with Gasteiger partial charge in [-0.1, -0.05) is 55.8 Å². The normalized spacial score (nSPS) is 11.4. The van der Waals surface area contributed by atoms with Crippen molar-refractivity contribution in [2.75, 3.05) is 6.61 Å². The number of amides is 1. The SMILES string of the molecule is CCCCOC(=O)NC(C)(C)c1ccc(-c2n[nH]c(=O)c3ccccc23)cc1. The number of nitrogens with one attached hydrogen (secondary N) is 2. The fourth-order valence-electron chi connectivity index (χ4n) is 3.05. The van der Waals surface area contributed by atoms with Crippen molar-refractivity contribution in [3.05, 3.63) is 64.4 Å². The molecule has 0 unspecified atom stereocenters. The Hall–Kier alpha value is -3.15. The Kier molecular flexibility index (Phi) is 5.78. The van der Waals surface area contributed by atoms with Crippen LogP contribution in [0.5, 0.6) is 0 Å². The zero-order valence-electron chi connectivity index (χ0n) is 16.4. The third-order valence-electron chi connectivity index (χ3n) is 4.72. The first-order valence-corrected chi connectivity index (χ1v) is 9.45. The van der Waals surface area contributed by atoms with E-state index in [1.165, 1.54) is 0 Å². The molecule has 0 aliphatic heterocycles. The van der Waals surface area contributed by atoms with Gasteiger partial charge in [0.15, 0.2) is 0 Å². The van der Waals surface area contributed by atoms with Crippen molar-refractivity contribution >= 4 is 16.9 Å². The summed E-state index contributed by atoms with van der Waals surface area (Å²) in [5, 5.41) is 11.1. The number of hydrogen-bond donors (Lipinski definition) is 2. The molecule has 0 spiro atoms. The summed E-state index contributed by atoms with van der Waals surface area (Å²) in [5.41, 5.74) is 1.76. The van der Waals surface area contributed by atoms with Crippen molar-refractivity contribution in [3.63, 3.8) is 0 Å². The maximum absolute atomic E-state index is 12.0. The van der Waals surface area contributed by atoms with Gasteiger partial charge in [0.25, 0.3) is 5.56 Å². The first-order chi connectivity index (χ1) is 13.4. The quantitative estimate of drug-likeness (QED) is 0.624. The number of aromatic amines is 1. The molecule has 1 heterocycles. The zero-order valence-corrected chi connectivity index (χ0v) is 16.4. The molecule has 0 aliphatic rings. The monoisotopic (exact) mass is 379 g/mol. The molecule has 146 valence electrons. The summed E-state index contributed by atoms with van der Waals surface area (Å²) in [6.07, 6.45) is 1.41. The van der Waals surface area contributed by atoms with Crippen LogP contribution < -0.4 is 10.9 Å². The van der Waals surface area contributed by atoms with Crippen LogP contribution in [0.1, 0.15) is 39.2 Å². The fourth-order valence-corrected chi connectivity index (χ4v) is 3.05. The summed E-state index contributed by atoms with van der Waals surface area (Å²) in [6, 6.07) is 15.2. The molecule has 6 nitrogen and oxygen atoms in total. The number of carbonyl (C=O) groups is 1. The van der Waals surface area contributed by atoms with Crippen LogP contribution in [0, 0.1) is 0 Å². The summed E-state index contributed by atoms with van der Waals surface area (Å²) < 4.78 is 5.20. The molecule has 2 aromatic carbocycles. The minimum absolute atomic E-state index is 0.206. The predicted octanol–water partition coefficient (Wildman–Crippen LogP) is 4.35. The number of rotatable bonds is 6. The molecule has 0 saturated carbocycles. The molecule has 1 amide bonds. The highest BCUT2D eigenvalue weighted by Gasteiger charge is 2.23. The van der Waals surface area contributed by atoms with Crippen LogP contribution in [-0.2, 0) is 10.3 Å². The summed E-state index contributed by atoms with van der Waals surface area (Å²) >= 11 is 0. The molecule has 1 aromatic heterocycles. The number of H-pyrrole nitrogens is 1. The van der Waals surface area contributed by atoms with Gasteiger partial charge < -0.3 is 10.1 Å². The molecule has 0 atom stereocenters. The van der Waals surface area contributed by atoms with Gasteiger partial charge in [0, 0.05) is 10.9 Å². The van der Waals surface area contributed by atoms with Crippen molar-refractivity contribution in [3.8, 4) is 11.3 Å². The van der Waals surface area contributed by atoms with E-state index < -0.39 is 11.6 Å². The van der Waals surface area contributed by atoms with Gasteiger partial charge >= 0.3 is 6.09 Å². The number of hydrogen-bond acceptors (Lipinski definition) is 4. The summed E-state index contributed by atoms with van der Waals surface area (Å²) in [7, 11) is 0. The molecule has 2 N–H and O–H groups in total. The van der Waals surface area contributed by atoms with E-state index in [2.05, 4.69) is 15.5 Å². The number of nitrogens with zero attached hydrogens (tertiary/aromatic N) is 1. The van der Waals surface area contributed by atoms with Crippen molar-refractivity contribution in [2.24, 2.45) is 0 Å². The second-order valence-corrected chi connectivity index (χ2v) is 7.26. The van der Waals surface area contributed by atoms with E-state index in [1.807, 2.05) is 63.2 Å². The van der Waals surface area contributed by atoms with E-state index >= 15 is 0 Å². The van der Waals surface area contributed by atoms with Gasteiger partial charge in [0.1, 0.15) is 0 Å². The number of carbonyl (C=O) groups excluding carboxylic acids is 1. The third kappa shape index (κ3) is 4.22. The van der Waals surface area contributed by atoms with Gasteiger partial charge in [-0.2, -0.15) is 5.10 Å². The van der Waals surface area contributed by atoms with E-state index in [0.29, 0.717) is 17.7 Å². The van der Waals surface area contributed by atoms with Crippen LogP contribution in [-0.4, -0.2) is 22.9 Å². The molecule has 3 rings (SSSR count). The number of unbranched alkanes of at least 4 members (excludes halogenated alkanes) is 1. The topological polar surface area (TPSA) is 84.1 Å². The molecule has 0 saturated heterocycles. The van der Waals surface area contributed by atoms with Crippen LogP contribution in [0.2, 0.25) is 0 Å². The maximum atomic E-state index is 12.0. The lowest BCUT2D eigenvalue weighted by Crippen LogP contribution is -2.41. The average Bonchev–Trinajstić information content (AvgIpc) is 2.68. The van der Waals surface area contributed by atoms with E-state index in [0.717, 1.165) is 29.4 Å². The van der Waals surface area contributed by atoms with E-state index in [4.69, 9.17) is 4.74 Å². The Morgan fingerprint density at radius 2 is 1.79 bits per heavy atom. The van der Waals surface area contributed by atoms with Crippen LogP contribution in [0.3, 0.4) is 0 Å². The largest absolute Gasteiger partial charge is 0.450 e. The predicted molar refractivity (Wildman–Crippen MR) is 110 cm³/mol. The second kappa shape index (κ2) is 8.25. The lowest BCUT2D eigenvalue weighted by atomic mass is 9.93. The minimum atomic E-state index is -0.581. The Morgan fingerprint density at radius 1 is 1.11 bits per heavy atom. The highest BCUT2D eigenvalue weighted by Crippen LogP contribution is 2.27. The molecule has 0 bridgehead atoms. The van der Waals surface area contributed by atoms with Crippen molar-refractivity contribution in [1.82, 2.24) is 15.5 Å². The molecule has 0 fully saturated rings. The van der Waals surface area contributed by atoms with E-state index in [-0.39, 0.29) is 5.56 Å². The first-order valence-electron chi connectivity index (χ1n) is 9.45. The Bertz CT molecular complexity index is 1020. The number of fused-ring (bicyclic) bond motifs is 1. The molecular formula is C22H25N3O3. The van der Waals surface area contributed by atoms with E-state index in [9.17, 15) is 9.59 Å². The Balaban J connectivity index is 1.83. The summed E-state index contributed by atoms with van der Waals surface area (Å²) in [5.74, 6) is 0. The molecule has 28 heavy (non-hydrogen) atoms. The second-order valence-electron chi connectivity index (χ2n) is 7.26. The number of aromatic nitrogens is 2.